The lowest BCUT2D eigenvalue weighted by Gasteiger charge is -2.36. The summed E-state index contributed by atoms with van der Waals surface area (Å²) < 4.78 is 13.8. The van der Waals surface area contributed by atoms with Crippen molar-refractivity contribution in [3.63, 3.8) is 0 Å². The largest absolute Gasteiger partial charge is 0.368 e. The standard InChI is InChI=1S/C23H20BrFN4O2/c24-18-13-17(14-26-15-18)22(30)27-20-5-7-21(8-6-20)28-9-11-29(12-10-28)23(31)16-1-3-19(25)4-2-16/h1-8,13-15H,9-12H2,(H,27,30). The van der Waals surface area contributed by atoms with Gasteiger partial charge in [-0.15, -0.1) is 0 Å². The molecule has 0 spiro atoms. The minimum Gasteiger partial charge on any atom is -0.368 e. The first-order valence-corrected chi connectivity index (χ1v) is 10.6. The average molecular weight is 483 g/mol. The Kier molecular flexibility index (Phi) is 6.27. The zero-order valence-corrected chi connectivity index (χ0v) is 18.2. The lowest BCUT2D eigenvalue weighted by molar-refractivity contribution is 0.0746. The Morgan fingerprint density at radius 2 is 1.58 bits per heavy atom. The van der Waals surface area contributed by atoms with Crippen molar-refractivity contribution in [2.24, 2.45) is 0 Å². The van der Waals surface area contributed by atoms with Gasteiger partial charge < -0.3 is 15.1 Å². The highest BCUT2D eigenvalue weighted by atomic mass is 79.9. The third kappa shape index (κ3) is 5.08. The Labute approximate surface area is 187 Å². The number of rotatable bonds is 4. The molecule has 4 rings (SSSR count). The van der Waals surface area contributed by atoms with Gasteiger partial charge in [-0.05, 0) is 70.5 Å². The van der Waals surface area contributed by atoms with Gasteiger partial charge in [0.05, 0.1) is 5.56 Å². The van der Waals surface area contributed by atoms with Crippen molar-refractivity contribution >= 4 is 39.1 Å². The Hall–Kier alpha value is -3.26. The van der Waals surface area contributed by atoms with E-state index in [1.807, 2.05) is 24.3 Å². The molecule has 0 aliphatic carbocycles. The molecule has 1 saturated heterocycles. The molecule has 1 aliphatic rings. The first-order valence-electron chi connectivity index (χ1n) is 9.81. The summed E-state index contributed by atoms with van der Waals surface area (Å²) in [5.74, 6) is -0.663. The van der Waals surface area contributed by atoms with E-state index in [2.05, 4.69) is 31.1 Å². The first-order chi connectivity index (χ1) is 15.0. The second-order valence-electron chi connectivity index (χ2n) is 7.18. The van der Waals surface area contributed by atoms with Crippen LogP contribution in [-0.2, 0) is 0 Å². The van der Waals surface area contributed by atoms with E-state index in [9.17, 15) is 14.0 Å². The topological polar surface area (TPSA) is 65.5 Å². The van der Waals surface area contributed by atoms with Crippen LogP contribution < -0.4 is 10.2 Å². The highest BCUT2D eigenvalue weighted by Crippen LogP contribution is 2.21. The van der Waals surface area contributed by atoms with Gasteiger partial charge in [0.2, 0.25) is 0 Å². The molecule has 3 aromatic rings. The number of anilines is 2. The molecular formula is C23H20BrFN4O2. The smallest absolute Gasteiger partial charge is 0.257 e. The zero-order chi connectivity index (χ0) is 21.8. The van der Waals surface area contributed by atoms with Crippen LogP contribution in [0.25, 0.3) is 0 Å². The van der Waals surface area contributed by atoms with E-state index < -0.39 is 0 Å². The lowest BCUT2D eigenvalue weighted by atomic mass is 10.1. The first kappa shape index (κ1) is 21.0. The summed E-state index contributed by atoms with van der Waals surface area (Å²) in [7, 11) is 0. The number of piperazine rings is 1. The molecule has 6 nitrogen and oxygen atoms in total. The van der Waals surface area contributed by atoms with Crippen LogP contribution in [0.15, 0.2) is 71.5 Å². The number of aromatic nitrogens is 1. The number of pyridine rings is 1. The van der Waals surface area contributed by atoms with Crippen molar-refractivity contribution in [3.05, 3.63) is 88.4 Å². The van der Waals surface area contributed by atoms with E-state index >= 15 is 0 Å². The highest BCUT2D eigenvalue weighted by molar-refractivity contribution is 9.10. The van der Waals surface area contributed by atoms with E-state index in [0.29, 0.717) is 43.0 Å². The number of benzene rings is 2. The number of halogens is 2. The van der Waals surface area contributed by atoms with Crippen LogP contribution in [0.5, 0.6) is 0 Å². The summed E-state index contributed by atoms with van der Waals surface area (Å²) in [4.78, 5) is 32.9. The lowest BCUT2D eigenvalue weighted by Crippen LogP contribution is -2.48. The summed E-state index contributed by atoms with van der Waals surface area (Å²) in [6.07, 6.45) is 3.14. The van der Waals surface area contributed by atoms with Crippen LogP contribution >= 0.6 is 15.9 Å². The quantitative estimate of drug-likeness (QED) is 0.605. The fraction of sp³-hybridized carbons (Fsp3) is 0.174. The second kappa shape index (κ2) is 9.26. The normalized spacial score (nSPS) is 13.7. The van der Waals surface area contributed by atoms with Crippen LogP contribution in [0.4, 0.5) is 15.8 Å². The summed E-state index contributed by atoms with van der Waals surface area (Å²) in [6, 6.07) is 15.0. The number of carbonyl (C=O) groups is 2. The molecule has 0 unspecified atom stereocenters. The van der Waals surface area contributed by atoms with Crippen LogP contribution in [0.1, 0.15) is 20.7 Å². The van der Waals surface area contributed by atoms with Crippen molar-refractivity contribution in [2.45, 2.75) is 0 Å². The Morgan fingerprint density at radius 1 is 0.903 bits per heavy atom. The number of carbonyl (C=O) groups excluding carboxylic acids is 2. The Balaban J connectivity index is 1.33. The predicted molar refractivity (Wildman–Crippen MR) is 121 cm³/mol. The highest BCUT2D eigenvalue weighted by Gasteiger charge is 2.22. The van der Waals surface area contributed by atoms with Gasteiger partial charge in [-0.3, -0.25) is 14.6 Å². The van der Waals surface area contributed by atoms with Gasteiger partial charge in [-0.2, -0.15) is 0 Å². The number of nitrogens with zero attached hydrogens (tertiary/aromatic N) is 3. The molecule has 0 radical (unpaired) electrons. The van der Waals surface area contributed by atoms with Crippen molar-refractivity contribution in [1.82, 2.24) is 9.88 Å². The van der Waals surface area contributed by atoms with Gasteiger partial charge >= 0.3 is 0 Å². The number of hydrogen-bond donors (Lipinski definition) is 1. The maximum Gasteiger partial charge on any atom is 0.257 e. The van der Waals surface area contributed by atoms with Crippen LogP contribution in [-0.4, -0.2) is 47.9 Å². The Morgan fingerprint density at radius 3 is 2.23 bits per heavy atom. The second-order valence-corrected chi connectivity index (χ2v) is 8.09. The minimum atomic E-state index is -0.352. The van der Waals surface area contributed by atoms with Gasteiger partial charge in [0.25, 0.3) is 11.8 Å². The van der Waals surface area contributed by atoms with Gasteiger partial charge in [0.1, 0.15) is 5.82 Å². The molecule has 1 N–H and O–H groups in total. The molecule has 8 heteroatoms. The molecule has 1 aliphatic heterocycles. The molecular weight excluding hydrogens is 463 g/mol. The van der Waals surface area contributed by atoms with Gasteiger partial charge in [0, 0.05) is 60.0 Å². The number of amides is 2. The molecule has 2 heterocycles. The molecule has 1 aromatic heterocycles. The van der Waals surface area contributed by atoms with E-state index in [1.54, 1.807) is 17.2 Å². The SMILES string of the molecule is O=C(Nc1ccc(N2CCN(C(=O)c3ccc(F)cc3)CC2)cc1)c1cncc(Br)c1. The Bertz CT molecular complexity index is 1080. The summed E-state index contributed by atoms with van der Waals surface area (Å²) in [5, 5.41) is 2.86. The molecule has 0 bridgehead atoms. The fourth-order valence-electron chi connectivity index (χ4n) is 3.44. The van der Waals surface area contributed by atoms with Crippen molar-refractivity contribution in [1.29, 1.82) is 0 Å². The third-order valence-corrected chi connectivity index (χ3v) is 5.55. The maximum absolute atomic E-state index is 13.1. The van der Waals surface area contributed by atoms with Crippen molar-refractivity contribution < 1.29 is 14.0 Å². The summed E-state index contributed by atoms with van der Waals surface area (Å²) in [6.45, 7) is 2.57. The van der Waals surface area contributed by atoms with Gasteiger partial charge in [0.15, 0.2) is 0 Å². The molecule has 2 aromatic carbocycles. The predicted octanol–water partition coefficient (Wildman–Crippen LogP) is 4.20. The number of hydrogen-bond acceptors (Lipinski definition) is 4. The van der Waals surface area contributed by atoms with E-state index in [0.717, 1.165) is 10.2 Å². The average Bonchev–Trinajstić information content (AvgIpc) is 2.80. The molecule has 158 valence electrons. The van der Waals surface area contributed by atoms with Gasteiger partial charge in [-0.25, -0.2) is 4.39 Å². The minimum absolute atomic E-state index is 0.0836. The van der Waals surface area contributed by atoms with Gasteiger partial charge in [-0.1, -0.05) is 0 Å². The summed E-state index contributed by atoms with van der Waals surface area (Å²) in [5.41, 5.74) is 2.69. The summed E-state index contributed by atoms with van der Waals surface area (Å²) >= 11 is 3.31. The molecule has 2 amide bonds. The van der Waals surface area contributed by atoms with Crippen molar-refractivity contribution in [3.8, 4) is 0 Å². The molecule has 0 atom stereocenters. The molecule has 0 saturated carbocycles. The van der Waals surface area contributed by atoms with Crippen LogP contribution in [0.2, 0.25) is 0 Å². The number of nitrogens with one attached hydrogen (secondary N) is 1. The van der Waals surface area contributed by atoms with E-state index in [4.69, 9.17) is 0 Å². The molecule has 1 fully saturated rings. The maximum atomic E-state index is 13.1. The van der Waals surface area contributed by atoms with E-state index in [1.165, 1.54) is 30.5 Å². The third-order valence-electron chi connectivity index (χ3n) is 5.12. The molecule has 31 heavy (non-hydrogen) atoms. The zero-order valence-electron chi connectivity index (χ0n) is 16.6. The monoisotopic (exact) mass is 482 g/mol. The van der Waals surface area contributed by atoms with Crippen LogP contribution in [0.3, 0.4) is 0 Å². The van der Waals surface area contributed by atoms with Crippen LogP contribution in [0, 0.1) is 5.82 Å². The fourth-order valence-corrected chi connectivity index (χ4v) is 3.80. The van der Waals surface area contributed by atoms with E-state index in [-0.39, 0.29) is 17.6 Å². The van der Waals surface area contributed by atoms with Crippen molar-refractivity contribution in [2.75, 3.05) is 36.4 Å².